The zero-order valence-corrected chi connectivity index (χ0v) is 10.1. The smallest absolute Gasteiger partial charge is 0.170 e. The van der Waals surface area contributed by atoms with Gasteiger partial charge in [-0.15, -0.1) is 0 Å². The first-order valence-electron chi connectivity index (χ1n) is 5.87. The summed E-state index contributed by atoms with van der Waals surface area (Å²) in [6.07, 6.45) is -1.29. The van der Waals surface area contributed by atoms with Gasteiger partial charge in [0.25, 0.3) is 0 Å². The molecule has 0 bridgehead atoms. The van der Waals surface area contributed by atoms with Crippen LogP contribution in [0.25, 0.3) is 11.0 Å². The lowest BCUT2D eigenvalue weighted by atomic mass is 10.1. The molecule has 0 amide bonds. The number of aliphatic hydroxyl groups is 1. The quantitative estimate of drug-likeness (QED) is 0.770. The molecule has 2 nitrogen and oxygen atoms in total. The number of hydrogen-bond donors (Lipinski definition) is 1. The maximum Gasteiger partial charge on any atom is 0.170 e. The SMILES string of the molecule is OC(c1ccc(F)c(F)c1)c1cc2cccc(F)c2o1. The molecule has 3 rings (SSSR count). The first-order chi connectivity index (χ1) is 9.56. The molecule has 0 radical (unpaired) electrons. The highest BCUT2D eigenvalue weighted by molar-refractivity contribution is 5.78. The third-order valence-electron chi connectivity index (χ3n) is 3.04. The topological polar surface area (TPSA) is 33.4 Å². The monoisotopic (exact) mass is 278 g/mol. The van der Waals surface area contributed by atoms with Crippen LogP contribution in [0, 0.1) is 17.5 Å². The zero-order chi connectivity index (χ0) is 14.3. The predicted octanol–water partition coefficient (Wildman–Crippen LogP) is 3.93. The van der Waals surface area contributed by atoms with Gasteiger partial charge in [0.2, 0.25) is 0 Å². The Bertz CT molecular complexity index is 780. The van der Waals surface area contributed by atoms with Crippen LogP contribution < -0.4 is 0 Å². The molecule has 1 aromatic heterocycles. The second-order valence-electron chi connectivity index (χ2n) is 4.38. The van der Waals surface area contributed by atoms with E-state index in [9.17, 15) is 18.3 Å². The normalized spacial score (nSPS) is 12.8. The number of aliphatic hydroxyl groups excluding tert-OH is 1. The van der Waals surface area contributed by atoms with Gasteiger partial charge in [0, 0.05) is 5.39 Å². The van der Waals surface area contributed by atoms with Crippen molar-refractivity contribution in [3.05, 3.63) is 71.2 Å². The Hall–Kier alpha value is -2.27. The molecule has 0 aliphatic rings. The maximum atomic E-state index is 13.5. The van der Waals surface area contributed by atoms with Gasteiger partial charge in [-0.25, -0.2) is 13.2 Å². The highest BCUT2D eigenvalue weighted by Gasteiger charge is 2.18. The average molecular weight is 278 g/mol. The van der Waals surface area contributed by atoms with Crippen molar-refractivity contribution < 1.29 is 22.7 Å². The van der Waals surface area contributed by atoms with Gasteiger partial charge in [0.1, 0.15) is 11.9 Å². The molecule has 0 saturated heterocycles. The lowest BCUT2D eigenvalue weighted by molar-refractivity contribution is 0.191. The fraction of sp³-hybridized carbons (Fsp3) is 0.0667. The Balaban J connectivity index is 2.05. The van der Waals surface area contributed by atoms with Crippen molar-refractivity contribution in [3.63, 3.8) is 0 Å². The highest BCUT2D eigenvalue weighted by atomic mass is 19.2. The maximum absolute atomic E-state index is 13.5. The molecule has 1 atom stereocenters. The van der Waals surface area contributed by atoms with Crippen LogP contribution in [0.1, 0.15) is 17.4 Å². The molecule has 2 aromatic carbocycles. The summed E-state index contributed by atoms with van der Waals surface area (Å²) in [4.78, 5) is 0. The summed E-state index contributed by atoms with van der Waals surface area (Å²) >= 11 is 0. The number of fused-ring (bicyclic) bond motifs is 1. The molecule has 1 heterocycles. The molecular weight excluding hydrogens is 269 g/mol. The molecular formula is C15H9F3O2. The van der Waals surface area contributed by atoms with Crippen LogP contribution in [0.3, 0.4) is 0 Å². The number of halogens is 3. The molecule has 0 aliphatic carbocycles. The van der Waals surface area contributed by atoms with Crippen LogP contribution in [0.2, 0.25) is 0 Å². The number of benzene rings is 2. The summed E-state index contributed by atoms with van der Waals surface area (Å²) < 4.78 is 44.7. The Morgan fingerprint density at radius 3 is 2.40 bits per heavy atom. The van der Waals surface area contributed by atoms with Crippen molar-refractivity contribution in [2.24, 2.45) is 0 Å². The minimum Gasteiger partial charge on any atom is -0.455 e. The molecule has 20 heavy (non-hydrogen) atoms. The average Bonchev–Trinajstić information content (AvgIpc) is 2.86. The zero-order valence-electron chi connectivity index (χ0n) is 10.1. The molecule has 1 unspecified atom stereocenters. The van der Waals surface area contributed by atoms with Gasteiger partial charge in [-0.2, -0.15) is 0 Å². The van der Waals surface area contributed by atoms with E-state index in [1.165, 1.54) is 24.3 Å². The Morgan fingerprint density at radius 1 is 0.900 bits per heavy atom. The van der Waals surface area contributed by atoms with E-state index < -0.39 is 23.6 Å². The van der Waals surface area contributed by atoms with E-state index in [1.807, 2.05) is 0 Å². The molecule has 102 valence electrons. The van der Waals surface area contributed by atoms with E-state index in [4.69, 9.17) is 4.42 Å². The minimum absolute atomic E-state index is 0.0177. The summed E-state index contributed by atoms with van der Waals surface area (Å²) in [7, 11) is 0. The lowest BCUT2D eigenvalue weighted by Gasteiger charge is -2.08. The highest BCUT2D eigenvalue weighted by Crippen LogP contribution is 2.30. The first-order valence-corrected chi connectivity index (χ1v) is 5.87. The van der Waals surface area contributed by atoms with Crippen molar-refractivity contribution in [1.82, 2.24) is 0 Å². The molecule has 1 N–H and O–H groups in total. The van der Waals surface area contributed by atoms with Crippen LogP contribution in [0.15, 0.2) is 46.9 Å². The van der Waals surface area contributed by atoms with Gasteiger partial charge in [-0.1, -0.05) is 18.2 Å². The lowest BCUT2D eigenvalue weighted by Crippen LogP contribution is -1.99. The van der Waals surface area contributed by atoms with Gasteiger partial charge in [0.05, 0.1) is 0 Å². The van der Waals surface area contributed by atoms with Gasteiger partial charge in [-0.05, 0) is 29.8 Å². The Labute approximate surface area is 112 Å². The van der Waals surface area contributed by atoms with E-state index in [2.05, 4.69) is 0 Å². The molecule has 0 aliphatic heterocycles. The standard InChI is InChI=1S/C15H9F3O2/c16-10-5-4-8(6-12(10)18)14(19)13-7-9-2-1-3-11(17)15(9)20-13/h1-7,14,19H. The summed E-state index contributed by atoms with van der Waals surface area (Å²) in [5.74, 6) is -2.55. The van der Waals surface area contributed by atoms with E-state index in [0.29, 0.717) is 5.39 Å². The molecule has 0 fully saturated rings. The first kappa shape index (κ1) is 12.7. The molecule has 3 aromatic rings. The third-order valence-corrected chi connectivity index (χ3v) is 3.04. The number of rotatable bonds is 2. The Morgan fingerprint density at radius 2 is 1.70 bits per heavy atom. The number of furan rings is 1. The van der Waals surface area contributed by atoms with E-state index in [0.717, 1.165) is 12.1 Å². The van der Waals surface area contributed by atoms with Gasteiger partial charge >= 0.3 is 0 Å². The van der Waals surface area contributed by atoms with Gasteiger partial charge in [-0.3, -0.25) is 0 Å². The van der Waals surface area contributed by atoms with Crippen molar-refractivity contribution in [2.45, 2.75) is 6.10 Å². The summed E-state index contributed by atoms with van der Waals surface area (Å²) in [5.41, 5.74) is 0.146. The van der Waals surface area contributed by atoms with Crippen molar-refractivity contribution in [2.75, 3.05) is 0 Å². The van der Waals surface area contributed by atoms with Crippen LogP contribution in [0.4, 0.5) is 13.2 Å². The largest absolute Gasteiger partial charge is 0.455 e. The Kier molecular flexibility index (Phi) is 2.99. The third kappa shape index (κ3) is 2.06. The van der Waals surface area contributed by atoms with Gasteiger partial charge < -0.3 is 9.52 Å². The van der Waals surface area contributed by atoms with Gasteiger partial charge in [0.15, 0.2) is 23.0 Å². The van der Waals surface area contributed by atoms with Crippen LogP contribution >= 0.6 is 0 Å². The summed E-state index contributed by atoms with van der Waals surface area (Å²) in [6, 6.07) is 8.88. The second kappa shape index (κ2) is 4.68. The minimum atomic E-state index is -1.29. The molecule has 0 saturated carbocycles. The van der Waals surface area contributed by atoms with Crippen molar-refractivity contribution >= 4 is 11.0 Å². The van der Waals surface area contributed by atoms with Crippen LogP contribution in [-0.2, 0) is 0 Å². The number of hydrogen-bond acceptors (Lipinski definition) is 2. The summed E-state index contributed by atoms with van der Waals surface area (Å²) in [6.45, 7) is 0. The van der Waals surface area contributed by atoms with Crippen LogP contribution in [0.5, 0.6) is 0 Å². The van der Waals surface area contributed by atoms with Crippen molar-refractivity contribution in [3.8, 4) is 0 Å². The van der Waals surface area contributed by atoms with Crippen LogP contribution in [-0.4, -0.2) is 5.11 Å². The van der Waals surface area contributed by atoms with E-state index in [-0.39, 0.29) is 16.9 Å². The fourth-order valence-corrected chi connectivity index (χ4v) is 2.03. The molecule has 0 spiro atoms. The second-order valence-corrected chi connectivity index (χ2v) is 4.38. The van der Waals surface area contributed by atoms with E-state index >= 15 is 0 Å². The van der Waals surface area contributed by atoms with Crippen molar-refractivity contribution in [1.29, 1.82) is 0 Å². The fourth-order valence-electron chi connectivity index (χ4n) is 2.03. The van der Waals surface area contributed by atoms with E-state index in [1.54, 1.807) is 6.07 Å². The number of para-hydroxylation sites is 1. The molecule has 5 heteroatoms. The summed E-state index contributed by atoms with van der Waals surface area (Å²) in [5, 5.41) is 10.6. The predicted molar refractivity (Wildman–Crippen MR) is 66.6 cm³/mol.